The predicted molar refractivity (Wildman–Crippen MR) is 71.1 cm³/mol. The maximum Gasteiger partial charge on any atom is 0.251 e. The van der Waals surface area contributed by atoms with E-state index in [0.717, 1.165) is 18.7 Å². The van der Waals surface area contributed by atoms with E-state index in [0.29, 0.717) is 17.8 Å². The Morgan fingerprint density at radius 3 is 2.76 bits per heavy atom. The summed E-state index contributed by atoms with van der Waals surface area (Å²) in [6.45, 7) is 6.48. The first-order valence-corrected chi connectivity index (χ1v) is 5.87. The van der Waals surface area contributed by atoms with Crippen LogP contribution in [0.3, 0.4) is 0 Å². The summed E-state index contributed by atoms with van der Waals surface area (Å²) < 4.78 is 0. The molecule has 1 aromatic rings. The Morgan fingerprint density at radius 1 is 1.47 bits per heavy atom. The monoisotopic (exact) mass is 235 g/mol. The Balaban J connectivity index is 2.52. The number of carbonyl (C=O) groups is 1. The summed E-state index contributed by atoms with van der Waals surface area (Å²) >= 11 is 0. The van der Waals surface area contributed by atoms with Crippen LogP contribution in [0.2, 0.25) is 0 Å². The second kappa shape index (κ2) is 6.25. The van der Waals surface area contributed by atoms with Crippen molar-refractivity contribution in [2.24, 2.45) is 0 Å². The van der Waals surface area contributed by atoms with Crippen LogP contribution in [0.25, 0.3) is 0 Å². The zero-order chi connectivity index (χ0) is 12.8. The molecule has 17 heavy (non-hydrogen) atoms. The Morgan fingerprint density at radius 2 is 2.18 bits per heavy atom. The molecule has 0 aliphatic rings. The molecule has 0 aromatic heterocycles. The Kier molecular flexibility index (Phi) is 4.97. The number of benzene rings is 1. The van der Waals surface area contributed by atoms with Crippen LogP contribution < -0.4 is 11.1 Å². The molecule has 4 heteroatoms. The number of rotatable bonds is 5. The van der Waals surface area contributed by atoms with Crippen LogP contribution in [-0.2, 0) is 0 Å². The summed E-state index contributed by atoms with van der Waals surface area (Å²) in [7, 11) is 2.03. The van der Waals surface area contributed by atoms with Crippen molar-refractivity contribution in [3.63, 3.8) is 0 Å². The number of anilines is 1. The maximum atomic E-state index is 11.9. The van der Waals surface area contributed by atoms with Crippen LogP contribution in [0.15, 0.2) is 18.2 Å². The summed E-state index contributed by atoms with van der Waals surface area (Å²) in [4.78, 5) is 14.0. The van der Waals surface area contributed by atoms with Gasteiger partial charge in [0.15, 0.2) is 0 Å². The fourth-order valence-electron chi connectivity index (χ4n) is 1.56. The molecule has 0 bridgehead atoms. The predicted octanol–water partition coefficient (Wildman–Crippen LogP) is 1.26. The molecule has 0 aliphatic carbocycles. The van der Waals surface area contributed by atoms with Gasteiger partial charge in [0.2, 0.25) is 0 Å². The standard InChI is InChI=1S/C13H21N3O/c1-4-16(3)8-7-15-13(17)12-6-5-11(14)9-10(12)2/h5-6,9H,4,7-8,14H2,1-3H3,(H,15,17). The van der Waals surface area contributed by atoms with E-state index in [2.05, 4.69) is 17.1 Å². The molecule has 4 nitrogen and oxygen atoms in total. The molecule has 0 aliphatic heterocycles. The summed E-state index contributed by atoms with van der Waals surface area (Å²) in [6, 6.07) is 5.33. The first-order chi connectivity index (χ1) is 8.04. The topological polar surface area (TPSA) is 58.4 Å². The van der Waals surface area contributed by atoms with E-state index in [1.165, 1.54) is 0 Å². The molecule has 0 fully saturated rings. The van der Waals surface area contributed by atoms with E-state index >= 15 is 0 Å². The fraction of sp³-hybridized carbons (Fsp3) is 0.462. The molecule has 0 saturated heterocycles. The number of amides is 1. The Bertz CT molecular complexity index is 390. The molecule has 0 heterocycles. The van der Waals surface area contributed by atoms with Gasteiger partial charge in [-0.05, 0) is 44.3 Å². The van der Waals surface area contributed by atoms with Crippen molar-refractivity contribution in [2.45, 2.75) is 13.8 Å². The molecule has 0 radical (unpaired) electrons. The van der Waals surface area contributed by atoms with E-state index < -0.39 is 0 Å². The van der Waals surface area contributed by atoms with Crippen LogP contribution in [0, 0.1) is 6.92 Å². The first kappa shape index (κ1) is 13.5. The van der Waals surface area contributed by atoms with Gasteiger partial charge in [0.1, 0.15) is 0 Å². The third-order valence-electron chi connectivity index (χ3n) is 2.81. The number of likely N-dealkylation sites (N-methyl/N-ethyl adjacent to an activating group) is 1. The quantitative estimate of drug-likeness (QED) is 0.755. The van der Waals surface area contributed by atoms with E-state index in [4.69, 9.17) is 5.73 Å². The smallest absolute Gasteiger partial charge is 0.251 e. The highest BCUT2D eigenvalue weighted by Gasteiger charge is 2.08. The molecule has 0 saturated carbocycles. The number of hydrogen-bond acceptors (Lipinski definition) is 3. The van der Waals surface area contributed by atoms with Crippen molar-refractivity contribution < 1.29 is 4.79 Å². The van der Waals surface area contributed by atoms with Gasteiger partial charge < -0.3 is 16.0 Å². The van der Waals surface area contributed by atoms with Crippen molar-refractivity contribution in [3.8, 4) is 0 Å². The van der Waals surface area contributed by atoms with Crippen molar-refractivity contribution in [1.29, 1.82) is 0 Å². The highest BCUT2D eigenvalue weighted by atomic mass is 16.1. The van der Waals surface area contributed by atoms with Crippen LogP contribution in [0.1, 0.15) is 22.8 Å². The minimum atomic E-state index is -0.0352. The van der Waals surface area contributed by atoms with Gasteiger partial charge in [0.05, 0.1) is 0 Å². The van der Waals surface area contributed by atoms with Gasteiger partial charge in [0.25, 0.3) is 5.91 Å². The van der Waals surface area contributed by atoms with Gasteiger partial charge in [-0.1, -0.05) is 6.92 Å². The van der Waals surface area contributed by atoms with Crippen LogP contribution in [0.4, 0.5) is 5.69 Å². The zero-order valence-corrected chi connectivity index (χ0v) is 10.8. The first-order valence-electron chi connectivity index (χ1n) is 5.87. The SMILES string of the molecule is CCN(C)CCNC(=O)c1ccc(N)cc1C. The lowest BCUT2D eigenvalue weighted by Gasteiger charge is -2.14. The van der Waals surface area contributed by atoms with Crippen molar-refractivity contribution in [3.05, 3.63) is 29.3 Å². The minimum absolute atomic E-state index is 0.0352. The lowest BCUT2D eigenvalue weighted by atomic mass is 10.1. The Hall–Kier alpha value is -1.55. The molecule has 1 amide bonds. The second-order valence-electron chi connectivity index (χ2n) is 4.23. The van der Waals surface area contributed by atoms with Gasteiger partial charge in [-0.3, -0.25) is 4.79 Å². The normalized spacial score (nSPS) is 10.6. The van der Waals surface area contributed by atoms with Crippen molar-refractivity contribution >= 4 is 11.6 Å². The van der Waals surface area contributed by atoms with Crippen molar-refractivity contribution in [2.75, 3.05) is 32.4 Å². The number of hydrogen-bond donors (Lipinski definition) is 2. The van der Waals surface area contributed by atoms with Gasteiger partial charge in [-0.15, -0.1) is 0 Å². The largest absolute Gasteiger partial charge is 0.399 e. The number of nitrogens with zero attached hydrogens (tertiary/aromatic N) is 1. The fourth-order valence-corrected chi connectivity index (χ4v) is 1.56. The van der Waals surface area contributed by atoms with E-state index in [1.54, 1.807) is 12.1 Å². The Labute approximate surface area is 103 Å². The van der Waals surface area contributed by atoms with Gasteiger partial charge >= 0.3 is 0 Å². The summed E-state index contributed by atoms with van der Waals surface area (Å²) in [6.07, 6.45) is 0. The minimum Gasteiger partial charge on any atom is -0.399 e. The van der Waals surface area contributed by atoms with Gasteiger partial charge in [-0.2, -0.15) is 0 Å². The summed E-state index contributed by atoms with van der Waals surface area (Å²) in [5.74, 6) is -0.0352. The zero-order valence-electron chi connectivity index (χ0n) is 10.8. The van der Waals surface area contributed by atoms with Crippen molar-refractivity contribution in [1.82, 2.24) is 10.2 Å². The van der Waals surface area contributed by atoms with E-state index in [-0.39, 0.29) is 5.91 Å². The average Bonchev–Trinajstić information content (AvgIpc) is 2.28. The maximum absolute atomic E-state index is 11.9. The number of carbonyl (C=O) groups excluding carboxylic acids is 1. The molecule has 1 rings (SSSR count). The third-order valence-corrected chi connectivity index (χ3v) is 2.81. The number of nitrogen functional groups attached to an aromatic ring is 1. The van der Waals surface area contributed by atoms with Gasteiger partial charge in [0, 0.05) is 24.3 Å². The second-order valence-corrected chi connectivity index (χ2v) is 4.23. The third kappa shape index (κ3) is 4.07. The highest BCUT2D eigenvalue weighted by Crippen LogP contribution is 2.11. The van der Waals surface area contributed by atoms with Gasteiger partial charge in [-0.25, -0.2) is 0 Å². The number of aryl methyl sites for hydroxylation is 1. The van der Waals surface area contributed by atoms with Crippen LogP contribution in [-0.4, -0.2) is 37.5 Å². The molecular weight excluding hydrogens is 214 g/mol. The lowest BCUT2D eigenvalue weighted by molar-refractivity contribution is 0.0949. The summed E-state index contributed by atoms with van der Waals surface area (Å²) in [5.41, 5.74) is 7.93. The lowest BCUT2D eigenvalue weighted by Crippen LogP contribution is -2.33. The molecule has 0 atom stereocenters. The van der Waals surface area contributed by atoms with Crippen LogP contribution >= 0.6 is 0 Å². The summed E-state index contributed by atoms with van der Waals surface area (Å²) in [5, 5.41) is 2.90. The molecule has 0 spiro atoms. The van der Waals surface area contributed by atoms with E-state index in [1.807, 2.05) is 20.0 Å². The molecule has 1 aromatic carbocycles. The van der Waals surface area contributed by atoms with E-state index in [9.17, 15) is 4.79 Å². The number of nitrogens with one attached hydrogen (secondary N) is 1. The molecular formula is C13H21N3O. The van der Waals surface area contributed by atoms with Crippen LogP contribution in [0.5, 0.6) is 0 Å². The molecule has 94 valence electrons. The average molecular weight is 235 g/mol. The highest BCUT2D eigenvalue weighted by molar-refractivity contribution is 5.95. The number of nitrogens with two attached hydrogens (primary N) is 1. The molecule has 0 unspecified atom stereocenters. The molecule has 3 N–H and O–H groups in total.